The van der Waals surface area contributed by atoms with Gasteiger partial charge in [0.2, 0.25) is 15.9 Å². The highest BCUT2D eigenvalue weighted by Crippen LogP contribution is 2.22. The minimum Gasteiger partial charge on any atom is -0.497 e. The molecule has 1 amide bonds. The number of hydrogen-bond donors (Lipinski definition) is 1. The Kier molecular flexibility index (Phi) is 7.90. The Bertz CT molecular complexity index is 885. The van der Waals surface area contributed by atoms with E-state index >= 15 is 0 Å². The molecule has 0 saturated heterocycles. The van der Waals surface area contributed by atoms with E-state index in [-0.39, 0.29) is 18.6 Å². The number of para-hydroxylation sites is 1. The predicted octanol–water partition coefficient (Wildman–Crippen LogP) is 2.82. The summed E-state index contributed by atoms with van der Waals surface area (Å²) in [4.78, 5) is 12.9. The molecule has 2 aromatic carbocycles. The highest BCUT2D eigenvalue weighted by molar-refractivity contribution is 7.92. The molecule has 0 saturated carbocycles. The van der Waals surface area contributed by atoms with Crippen LogP contribution in [0.5, 0.6) is 11.5 Å². The van der Waals surface area contributed by atoms with Gasteiger partial charge in [-0.3, -0.25) is 9.10 Å². The molecular weight excluding hydrogens is 392 g/mol. The Labute approximate surface area is 172 Å². The van der Waals surface area contributed by atoms with Crippen LogP contribution in [-0.4, -0.2) is 46.4 Å². The van der Waals surface area contributed by atoms with E-state index in [1.165, 1.54) is 4.31 Å². The topological polar surface area (TPSA) is 84.9 Å². The maximum atomic E-state index is 12.9. The Hall–Kier alpha value is -2.74. The van der Waals surface area contributed by atoms with Gasteiger partial charge in [-0.05, 0) is 49.7 Å². The summed E-state index contributed by atoms with van der Waals surface area (Å²) in [6.07, 6.45) is 1.44. The Morgan fingerprint density at radius 3 is 2.17 bits per heavy atom. The summed E-state index contributed by atoms with van der Waals surface area (Å²) in [7, 11) is -2.05. The number of benzene rings is 2. The molecule has 2 rings (SSSR count). The first kappa shape index (κ1) is 22.5. The highest BCUT2D eigenvalue weighted by Gasteiger charge is 2.31. The number of nitrogens with one attached hydrogen (secondary N) is 1. The van der Waals surface area contributed by atoms with Gasteiger partial charge in [0.15, 0.2) is 0 Å². The molecular formula is C21H28N2O5S. The summed E-state index contributed by atoms with van der Waals surface area (Å²) in [6, 6.07) is 14.6. The fraction of sp³-hybridized carbons (Fsp3) is 0.381. The zero-order valence-electron chi connectivity index (χ0n) is 17.2. The third kappa shape index (κ3) is 6.39. The van der Waals surface area contributed by atoms with Crippen molar-refractivity contribution < 1.29 is 22.7 Å². The number of hydrogen-bond acceptors (Lipinski definition) is 5. The average molecular weight is 421 g/mol. The Balaban J connectivity index is 2.05. The van der Waals surface area contributed by atoms with E-state index in [9.17, 15) is 13.2 Å². The summed E-state index contributed by atoms with van der Waals surface area (Å²) in [5.74, 6) is 1.01. The molecule has 0 fully saturated rings. The van der Waals surface area contributed by atoms with Crippen molar-refractivity contribution in [3.63, 3.8) is 0 Å². The van der Waals surface area contributed by atoms with Gasteiger partial charge in [-0.25, -0.2) is 8.42 Å². The maximum absolute atomic E-state index is 12.9. The van der Waals surface area contributed by atoms with Crippen molar-refractivity contribution in [3.8, 4) is 11.5 Å². The minimum absolute atomic E-state index is 0.249. The average Bonchev–Trinajstić information content (AvgIpc) is 2.70. The van der Waals surface area contributed by atoms with Crippen molar-refractivity contribution in [1.82, 2.24) is 5.32 Å². The molecule has 2 atom stereocenters. The van der Waals surface area contributed by atoms with E-state index in [1.807, 2.05) is 0 Å². The molecule has 0 heterocycles. The van der Waals surface area contributed by atoms with Crippen LogP contribution in [0.25, 0.3) is 0 Å². The summed E-state index contributed by atoms with van der Waals surface area (Å²) in [6.45, 7) is 3.84. The van der Waals surface area contributed by atoms with Gasteiger partial charge in [-0.1, -0.05) is 25.1 Å². The highest BCUT2D eigenvalue weighted by atomic mass is 32.2. The van der Waals surface area contributed by atoms with Crippen LogP contribution in [0.4, 0.5) is 5.69 Å². The maximum Gasteiger partial charge on any atom is 0.244 e. The Morgan fingerprint density at radius 1 is 1.07 bits per heavy atom. The molecule has 7 nitrogen and oxygen atoms in total. The van der Waals surface area contributed by atoms with Crippen LogP contribution in [0.3, 0.4) is 0 Å². The fourth-order valence-electron chi connectivity index (χ4n) is 2.91. The Morgan fingerprint density at radius 2 is 1.66 bits per heavy atom. The summed E-state index contributed by atoms with van der Waals surface area (Å²) < 4.78 is 36.8. The van der Waals surface area contributed by atoms with Crippen LogP contribution in [0.2, 0.25) is 0 Å². The van der Waals surface area contributed by atoms with E-state index in [4.69, 9.17) is 9.47 Å². The fourth-order valence-corrected chi connectivity index (χ4v) is 4.12. The first-order chi connectivity index (χ1) is 13.8. The molecule has 29 heavy (non-hydrogen) atoms. The molecule has 0 aliphatic rings. The second-order valence-corrected chi connectivity index (χ2v) is 8.57. The number of sulfonamides is 1. The number of methoxy groups -OCH3 is 1. The lowest BCUT2D eigenvalue weighted by Crippen LogP contribution is -2.52. The molecule has 0 spiro atoms. The smallest absolute Gasteiger partial charge is 0.244 e. The number of amides is 1. The zero-order valence-corrected chi connectivity index (χ0v) is 18.0. The third-order valence-electron chi connectivity index (χ3n) is 4.29. The van der Waals surface area contributed by atoms with Crippen molar-refractivity contribution in [2.45, 2.75) is 32.4 Å². The minimum atomic E-state index is -3.64. The van der Waals surface area contributed by atoms with Crippen LogP contribution in [-0.2, 0) is 14.8 Å². The molecule has 8 heteroatoms. The predicted molar refractivity (Wildman–Crippen MR) is 114 cm³/mol. The number of anilines is 1. The first-order valence-corrected chi connectivity index (χ1v) is 11.2. The van der Waals surface area contributed by atoms with Crippen LogP contribution in [0.15, 0.2) is 54.6 Å². The molecule has 0 unspecified atom stereocenters. The second-order valence-electron chi connectivity index (χ2n) is 6.71. The van der Waals surface area contributed by atoms with Crippen molar-refractivity contribution in [3.05, 3.63) is 54.6 Å². The molecule has 2 aromatic rings. The molecule has 0 radical (unpaired) electrons. The van der Waals surface area contributed by atoms with Gasteiger partial charge < -0.3 is 14.8 Å². The van der Waals surface area contributed by atoms with Crippen molar-refractivity contribution >= 4 is 21.6 Å². The lowest BCUT2D eigenvalue weighted by Gasteiger charge is -2.31. The largest absolute Gasteiger partial charge is 0.497 e. The summed E-state index contributed by atoms with van der Waals surface area (Å²) in [5, 5.41) is 2.85. The lowest BCUT2D eigenvalue weighted by molar-refractivity contribution is -0.123. The van der Waals surface area contributed by atoms with Crippen LogP contribution < -0.4 is 19.1 Å². The van der Waals surface area contributed by atoms with Gasteiger partial charge in [0.25, 0.3) is 0 Å². The van der Waals surface area contributed by atoms with Crippen molar-refractivity contribution in [2.75, 3.05) is 24.3 Å². The molecule has 1 N–H and O–H groups in total. The van der Waals surface area contributed by atoms with Gasteiger partial charge in [-0.15, -0.1) is 0 Å². The molecule has 0 aliphatic heterocycles. The van der Waals surface area contributed by atoms with E-state index in [0.29, 0.717) is 17.9 Å². The van der Waals surface area contributed by atoms with E-state index < -0.39 is 16.1 Å². The number of ether oxygens (including phenoxy) is 2. The monoisotopic (exact) mass is 420 g/mol. The van der Waals surface area contributed by atoms with E-state index in [1.54, 1.807) is 75.6 Å². The van der Waals surface area contributed by atoms with E-state index in [0.717, 1.165) is 12.0 Å². The molecule has 0 aromatic heterocycles. The number of rotatable bonds is 10. The van der Waals surface area contributed by atoms with Gasteiger partial charge >= 0.3 is 0 Å². The molecule has 0 aliphatic carbocycles. The molecule has 158 valence electrons. The number of nitrogens with zero attached hydrogens (tertiary/aromatic N) is 1. The van der Waals surface area contributed by atoms with Crippen LogP contribution >= 0.6 is 0 Å². The van der Waals surface area contributed by atoms with Crippen molar-refractivity contribution in [1.29, 1.82) is 0 Å². The van der Waals surface area contributed by atoms with Crippen LogP contribution in [0.1, 0.15) is 20.3 Å². The van der Waals surface area contributed by atoms with Gasteiger partial charge in [0.05, 0.1) is 25.1 Å². The first-order valence-electron chi connectivity index (χ1n) is 9.38. The third-order valence-corrected chi connectivity index (χ3v) is 5.47. The van der Waals surface area contributed by atoms with Gasteiger partial charge in [0, 0.05) is 0 Å². The lowest BCUT2D eigenvalue weighted by atomic mass is 10.1. The molecule has 0 bridgehead atoms. The number of carbonyl (C=O) groups excluding carboxylic acids is 1. The second kappa shape index (κ2) is 10.2. The zero-order chi connectivity index (χ0) is 21.4. The van der Waals surface area contributed by atoms with E-state index in [2.05, 4.69) is 5.32 Å². The normalized spacial score (nSPS) is 13.2. The number of carbonyl (C=O) groups is 1. The van der Waals surface area contributed by atoms with Gasteiger partial charge in [0.1, 0.15) is 24.1 Å². The van der Waals surface area contributed by atoms with Crippen molar-refractivity contribution in [2.24, 2.45) is 0 Å². The summed E-state index contributed by atoms with van der Waals surface area (Å²) in [5.41, 5.74) is 0.458. The van der Waals surface area contributed by atoms with Crippen LogP contribution in [0, 0.1) is 0 Å². The van der Waals surface area contributed by atoms with Gasteiger partial charge in [-0.2, -0.15) is 0 Å². The standard InChI is InChI=1S/C21H28N2O5S/c1-5-20(23(29(4,25)26)17-9-7-6-8-10-17)21(24)22-16(2)15-28-19-13-11-18(27-3)12-14-19/h6-14,16,20H,5,15H2,1-4H3,(H,22,24)/t16-,20-/m1/s1. The summed E-state index contributed by atoms with van der Waals surface area (Å²) >= 11 is 0. The quantitative estimate of drug-likeness (QED) is 0.639. The SMILES string of the molecule is CC[C@H](C(=O)N[C@H](C)COc1ccc(OC)cc1)N(c1ccccc1)S(C)(=O)=O.